The molecule has 0 aliphatic heterocycles. The Morgan fingerprint density at radius 2 is 2.27 bits per heavy atom. The van der Waals surface area contributed by atoms with Crippen molar-refractivity contribution in [3.63, 3.8) is 0 Å². The molecule has 1 aromatic heterocycles. The Labute approximate surface area is 94.7 Å². The van der Waals surface area contributed by atoms with E-state index in [2.05, 4.69) is 9.36 Å². The highest BCUT2D eigenvalue weighted by Gasteiger charge is 2.08. The number of aromatic nitrogens is 2. The van der Waals surface area contributed by atoms with Gasteiger partial charge in [-0.2, -0.15) is 9.36 Å². The summed E-state index contributed by atoms with van der Waals surface area (Å²) in [5, 5.41) is 0.641. The van der Waals surface area contributed by atoms with E-state index in [-0.39, 0.29) is 5.75 Å². The fraction of sp³-hybridized carbons (Fsp3) is 0.111. The van der Waals surface area contributed by atoms with Crippen LogP contribution in [0.1, 0.15) is 5.82 Å². The van der Waals surface area contributed by atoms with Crippen LogP contribution in [0.25, 0.3) is 0 Å². The molecule has 3 nitrogen and oxygen atoms in total. The first kappa shape index (κ1) is 10.3. The molecule has 2 aromatic rings. The Balaban J connectivity index is 2.24. The standard InChI is InChI=1S/C9H6ClFN2OS/c1-5-12-9(15-13-5)14-8-3-2-6(10)4-7(8)11/h2-4H,1H3. The van der Waals surface area contributed by atoms with E-state index in [0.717, 1.165) is 11.5 Å². The molecule has 0 fully saturated rings. The third kappa shape index (κ3) is 2.43. The molecule has 0 aliphatic rings. The van der Waals surface area contributed by atoms with E-state index in [0.29, 0.717) is 16.0 Å². The van der Waals surface area contributed by atoms with Crippen molar-refractivity contribution in [1.29, 1.82) is 0 Å². The molecule has 0 amide bonds. The average Bonchev–Trinajstić information content (AvgIpc) is 2.56. The summed E-state index contributed by atoms with van der Waals surface area (Å²) in [4.78, 5) is 3.96. The number of halogens is 2. The van der Waals surface area contributed by atoms with Gasteiger partial charge in [-0.15, -0.1) is 0 Å². The molecule has 0 unspecified atom stereocenters. The minimum atomic E-state index is -0.518. The van der Waals surface area contributed by atoms with Gasteiger partial charge in [0.1, 0.15) is 5.82 Å². The van der Waals surface area contributed by atoms with Gasteiger partial charge in [-0.05, 0) is 25.1 Å². The van der Waals surface area contributed by atoms with Crippen molar-refractivity contribution in [2.45, 2.75) is 6.92 Å². The number of ether oxygens (including phenoxy) is 1. The first-order chi connectivity index (χ1) is 7.15. The van der Waals surface area contributed by atoms with Gasteiger partial charge in [-0.1, -0.05) is 11.6 Å². The quantitative estimate of drug-likeness (QED) is 0.812. The first-order valence-electron chi connectivity index (χ1n) is 4.08. The summed E-state index contributed by atoms with van der Waals surface area (Å²) in [6, 6.07) is 4.19. The van der Waals surface area contributed by atoms with Crippen molar-refractivity contribution in [3.05, 3.63) is 34.9 Å². The van der Waals surface area contributed by atoms with Crippen LogP contribution in [0.3, 0.4) is 0 Å². The molecular weight excluding hydrogens is 239 g/mol. The van der Waals surface area contributed by atoms with Crippen molar-refractivity contribution in [2.24, 2.45) is 0 Å². The van der Waals surface area contributed by atoms with Gasteiger partial charge in [0.25, 0.3) is 5.19 Å². The molecule has 0 atom stereocenters. The maximum absolute atomic E-state index is 13.3. The number of rotatable bonds is 2. The van der Waals surface area contributed by atoms with E-state index in [9.17, 15) is 4.39 Å². The van der Waals surface area contributed by atoms with Gasteiger partial charge in [-0.3, -0.25) is 0 Å². The molecule has 0 radical (unpaired) electrons. The summed E-state index contributed by atoms with van der Waals surface area (Å²) in [5.74, 6) is 0.176. The Morgan fingerprint density at radius 3 is 2.87 bits per heavy atom. The molecule has 2 rings (SSSR count). The van der Waals surface area contributed by atoms with E-state index in [1.165, 1.54) is 12.1 Å². The number of hydrogen-bond acceptors (Lipinski definition) is 4. The van der Waals surface area contributed by atoms with Gasteiger partial charge >= 0.3 is 0 Å². The number of aryl methyl sites for hydroxylation is 1. The lowest BCUT2D eigenvalue weighted by Gasteiger charge is -2.02. The van der Waals surface area contributed by atoms with Crippen molar-refractivity contribution >= 4 is 23.1 Å². The van der Waals surface area contributed by atoms with Crippen LogP contribution in [0.4, 0.5) is 4.39 Å². The highest BCUT2D eigenvalue weighted by Crippen LogP contribution is 2.27. The maximum atomic E-state index is 13.3. The van der Waals surface area contributed by atoms with Gasteiger partial charge in [0, 0.05) is 16.6 Å². The molecular formula is C9H6ClFN2OS. The highest BCUT2D eigenvalue weighted by atomic mass is 35.5. The summed E-state index contributed by atoms with van der Waals surface area (Å²) in [5.41, 5.74) is 0. The molecule has 0 saturated carbocycles. The summed E-state index contributed by atoms with van der Waals surface area (Å²) in [6.45, 7) is 1.74. The number of benzene rings is 1. The van der Waals surface area contributed by atoms with E-state index in [1.807, 2.05) is 0 Å². The van der Waals surface area contributed by atoms with Crippen LogP contribution < -0.4 is 4.74 Å². The van der Waals surface area contributed by atoms with E-state index in [1.54, 1.807) is 13.0 Å². The molecule has 0 N–H and O–H groups in total. The summed E-state index contributed by atoms with van der Waals surface area (Å²) in [6.07, 6.45) is 0. The predicted molar refractivity (Wildman–Crippen MR) is 56.1 cm³/mol. The monoisotopic (exact) mass is 244 g/mol. The van der Waals surface area contributed by atoms with E-state index in [4.69, 9.17) is 16.3 Å². The lowest BCUT2D eigenvalue weighted by molar-refractivity contribution is 0.439. The van der Waals surface area contributed by atoms with Crippen LogP contribution in [0.5, 0.6) is 10.9 Å². The third-order valence-corrected chi connectivity index (χ3v) is 2.52. The predicted octanol–water partition coefficient (Wildman–Crippen LogP) is 3.43. The van der Waals surface area contributed by atoms with Crippen molar-refractivity contribution < 1.29 is 9.13 Å². The second-order valence-corrected chi connectivity index (χ2v) is 3.94. The average molecular weight is 245 g/mol. The van der Waals surface area contributed by atoms with Crippen LogP contribution in [0, 0.1) is 12.7 Å². The van der Waals surface area contributed by atoms with Crippen LogP contribution in [0.15, 0.2) is 18.2 Å². The lowest BCUT2D eigenvalue weighted by atomic mass is 10.3. The van der Waals surface area contributed by atoms with E-state index >= 15 is 0 Å². The third-order valence-electron chi connectivity index (χ3n) is 1.60. The largest absolute Gasteiger partial charge is 0.427 e. The van der Waals surface area contributed by atoms with Gasteiger partial charge in [0.2, 0.25) is 0 Å². The zero-order chi connectivity index (χ0) is 10.8. The smallest absolute Gasteiger partial charge is 0.298 e. The minimum Gasteiger partial charge on any atom is -0.427 e. The molecule has 0 bridgehead atoms. The fourth-order valence-corrected chi connectivity index (χ4v) is 1.68. The van der Waals surface area contributed by atoms with Crippen molar-refractivity contribution in [1.82, 2.24) is 9.36 Å². The maximum Gasteiger partial charge on any atom is 0.298 e. The topological polar surface area (TPSA) is 35.0 Å². The highest BCUT2D eigenvalue weighted by molar-refractivity contribution is 7.07. The first-order valence-corrected chi connectivity index (χ1v) is 5.23. The normalized spacial score (nSPS) is 10.3. The van der Waals surface area contributed by atoms with Crippen LogP contribution in [-0.2, 0) is 0 Å². The Morgan fingerprint density at radius 1 is 1.47 bits per heavy atom. The van der Waals surface area contributed by atoms with Gasteiger partial charge < -0.3 is 4.74 Å². The van der Waals surface area contributed by atoms with Crippen LogP contribution in [0.2, 0.25) is 5.02 Å². The molecule has 1 aromatic carbocycles. The van der Waals surface area contributed by atoms with E-state index < -0.39 is 5.82 Å². The van der Waals surface area contributed by atoms with Crippen molar-refractivity contribution in [3.8, 4) is 10.9 Å². The minimum absolute atomic E-state index is 0.0931. The zero-order valence-electron chi connectivity index (χ0n) is 7.70. The Hall–Kier alpha value is -1.20. The molecule has 0 saturated heterocycles. The number of hydrogen-bond donors (Lipinski definition) is 0. The molecule has 15 heavy (non-hydrogen) atoms. The van der Waals surface area contributed by atoms with Crippen LogP contribution >= 0.6 is 23.1 Å². The summed E-state index contributed by atoms with van der Waals surface area (Å²) < 4.78 is 22.4. The molecule has 1 heterocycles. The number of nitrogens with zero attached hydrogens (tertiary/aromatic N) is 2. The lowest BCUT2D eigenvalue weighted by Crippen LogP contribution is -1.87. The molecule has 0 spiro atoms. The zero-order valence-corrected chi connectivity index (χ0v) is 9.27. The van der Waals surface area contributed by atoms with Gasteiger partial charge in [0.15, 0.2) is 11.6 Å². The fourth-order valence-electron chi connectivity index (χ4n) is 0.972. The molecule has 6 heteroatoms. The van der Waals surface area contributed by atoms with Gasteiger partial charge in [0.05, 0.1) is 0 Å². The summed E-state index contributed by atoms with van der Waals surface area (Å²) >= 11 is 6.68. The van der Waals surface area contributed by atoms with Crippen LogP contribution in [-0.4, -0.2) is 9.36 Å². The van der Waals surface area contributed by atoms with Crippen molar-refractivity contribution in [2.75, 3.05) is 0 Å². The Kier molecular flexibility index (Phi) is 2.83. The second kappa shape index (κ2) is 4.12. The van der Waals surface area contributed by atoms with Gasteiger partial charge in [-0.25, -0.2) is 4.39 Å². The molecule has 78 valence electrons. The molecule has 0 aliphatic carbocycles. The second-order valence-electron chi connectivity index (χ2n) is 2.78. The Bertz CT molecular complexity index is 489. The summed E-state index contributed by atoms with van der Waals surface area (Å²) in [7, 11) is 0. The SMILES string of the molecule is Cc1nsc(Oc2ccc(Cl)cc2F)n1.